The van der Waals surface area contributed by atoms with Gasteiger partial charge >= 0.3 is 0 Å². The predicted octanol–water partition coefficient (Wildman–Crippen LogP) is 4.42. The van der Waals surface area contributed by atoms with Gasteiger partial charge in [0, 0.05) is 18.3 Å². The molecule has 0 aliphatic carbocycles. The fourth-order valence-electron chi connectivity index (χ4n) is 2.41. The number of thiophene rings is 1. The van der Waals surface area contributed by atoms with Crippen LogP contribution in [0.4, 0.5) is 5.69 Å². The van der Waals surface area contributed by atoms with Crippen LogP contribution >= 0.6 is 23.6 Å². The fraction of sp³-hybridized carbons (Fsp3) is 0.278. The Morgan fingerprint density at radius 3 is 2.92 bits per heavy atom. The Morgan fingerprint density at radius 2 is 2.19 bits per heavy atom. The molecule has 0 bridgehead atoms. The van der Waals surface area contributed by atoms with Crippen molar-refractivity contribution in [1.82, 2.24) is 15.1 Å². The molecule has 0 spiro atoms. The highest BCUT2D eigenvalue weighted by Gasteiger charge is 2.15. The van der Waals surface area contributed by atoms with Gasteiger partial charge in [0.05, 0.1) is 18.5 Å². The number of methoxy groups -OCH3 is 1. The summed E-state index contributed by atoms with van der Waals surface area (Å²) in [6, 6.07) is 11.6. The lowest BCUT2D eigenvalue weighted by Gasteiger charge is -2.24. The van der Waals surface area contributed by atoms with Crippen LogP contribution in [0.5, 0.6) is 5.75 Å². The molecule has 1 aromatic carbocycles. The maximum atomic E-state index is 5.78. The van der Waals surface area contributed by atoms with E-state index in [1.165, 1.54) is 0 Å². The third-order valence-corrected chi connectivity index (χ3v) is 4.84. The number of benzene rings is 1. The van der Waals surface area contributed by atoms with Gasteiger partial charge in [-0.15, -0.1) is 21.5 Å². The van der Waals surface area contributed by atoms with Crippen LogP contribution in [-0.4, -0.2) is 33.9 Å². The molecule has 3 aromatic rings. The van der Waals surface area contributed by atoms with E-state index < -0.39 is 0 Å². The second-order valence-electron chi connectivity index (χ2n) is 5.56. The van der Waals surface area contributed by atoms with E-state index in [0.29, 0.717) is 23.4 Å². The van der Waals surface area contributed by atoms with Crippen LogP contribution in [0.25, 0.3) is 10.8 Å². The summed E-state index contributed by atoms with van der Waals surface area (Å²) >= 11 is 7.14. The largest absolute Gasteiger partial charge is 0.497 e. The smallest absolute Gasteiger partial charge is 0.257 e. The van der Waals surface area contributed by atoms with Crippen LogP contribution in [-0.2, 0) is 6.54 Å². The van der Waals surface area contributed by atoms with Gasteiger partial charge in [-0.25, -0.2) is 0 Å². The first-order chi connectivity index (χ1) is 12.7. The molecule has 136 valence electrons. The molecule has 0 fully saturated rings. The molecular formula is C18H20N4O2S2. The van der Waals surface area contributed by atoms with E-state index in [0.717, 1.165) is 29.3 Å². The highest BCUT2D eigenvalue weighted by molar-refractivity contribution is 7.80. The summed E-state index contributed by atoms with van der Waals surface area (Å²) in [5.74, 6) is 1.85. The molecule has 0 aliphatic heterocycles. The topological polar surface area (TPSA) is 63.4 Å². The van der Waals surface area contributed by atoms with Gasteiger partial charge in [-0.1, -0.05) is 19.1 Å². The van der Waals surface area contributed by atoms with Crippen LogP contribution in [0.15, 0.2) is 46.2 Å². The zero-order valence-corrected chi connectivity index (χ0v) is 16.3. The van der Waals surface area contributed by atoms with Gasteiger partial charge in [0.15, 0.2) is 5.11 Å². The second kappa shape index (κ2) is 8.77. The SMILES string of the molecule is CCCN(Cc1nnc(-c2cccs2)o1)C(=S)Nc1cccc(OC)c1. The van der Waals surface area contributed by atoms with Crippen molar-refractivity contribution in [1.29, 1.82) is 0 Å². The molecule has 0 amide bonds. The highest BCUT2D eigenvalue weighted by Crippen LogP contribution is 2.23. The molecule has 2 heterocycles. The van der Waals surface area contributed by atoms with Crippen LogP contribution in [0.2, 0.25) is 0 Å². The Kier molecular flexibility index (Phi) is 6.19. The predicted molar refractivity (Wildman–Crippen MR) is 108 cm³/mol. The summed E-state index contributed by atoms with van der Waals surface area (Å²) in [4.78, 5) is 2.98. The monoisotopic (exact) mass is 388 g/mol. The Hall–Kier alpha value is -2.45. The van der Waals surface area contributed by atoms with Gasteiger partial charge in [-0.3, -0.25) is 0 Å². The van der Waals surface area contributed by atoms with E-state index >= 15 is 0 Å². The number of nitrogens with zero attached hydrogens (tertiary/aromatic N) is 3. The molecule has 26 heavy (non-hydrogen) atoms. The summed E-state index contributed by atoms with van der Waals surface area (Å²) in [5, 5.41) is 14.1. The number of aromatic nitrogens is 2. The van der Waals surface area contributed by atoms with Crippen molar-refractivity contribution < 1.29 is 9.15 Å². The second-order valence-corrected chi connectivity index (χ2v) is 6.90. The lowest BCUT2D eigenvalue weighted by Crippen LogP contribution is -2.35. The highest BCUT2D eigenvalue weighted by atomic mass is 32.1. The lowest BCUT2D eigenvalue weighted by molar-refractivity contribution is 0.359. The Morgan fingerprint density at radius 1 is 1.31 bits per heavy atom. The molecular weight excluding hydrogens is 368 g/mol. The number of hydrogen-bond donors (Lipinski definition) is 1. The van der Waals surface area contributed by atoms with Crippen LogP contribution in [0, 0.1) is 0 Å². The molecule has 0 saturated heterocycles. The number of anilines is 1. The van der Waals surface area contributed by atoms with Crippen LogP contribution in [0.3, 0.4) is 0 Å². The number of ether oxygens (including phenoxy) is 1. The van der Waals surface area contributed by atoms with Gasteiger partial charge in [0.25, 0.3) is 5.89 Å². The minimum Gasteiger partial charge on any atom is -0.497 e. The maximum Gasteiger partial charge on any atom is 0.257 e. The van der Waals surface area contributed by atoms with Crippen molar-refractivity contribution in [2.24, 2.45) is 0 Å². The van der Waals surface area contributed by atoms with E-state index in [1.54, 1.807) is 18.4 Å². The molecule has 0 saturated carbocycles. The van der Waals surface area contributed by atoms with Crippen molar-refractivity contribution in [2.45, 2.75) is 19.9 Å². The quantitative estimate of drug-likeness (QED) is 0.601. The van der Waals surface area contributed by atoms with Gasteiger partial charge in [0.2, 0.25) is 5.89 Å². The first kappa shape index (κ1) is 18.3. The van der Waals surface area contributed by atoms with E-state index in [4.69, 9.17) is 21.4 Å². The van der Waals surface area contributed by atoms with Crippen molar-refractivity contribution in [3.63, 3.8) is 0 Å². The molecule has 0 unspecified atom stereocenters. The zero-order valence-electron chi connectivity index (χ0n) is 14.6. The number of rotatable bonds is 7. The standard InChI is InChI=1S/C18H20N4O2S2/c1-3-9-22(18(25)19-13-6-4-7-14(11-13)23-2)12-16-20-21-17(24-16)15-8-5-10-26-15/h4-8,10-11H,3,9,12H2,1-2H3,(H,19,25). The first-order valence-corrected chi connectivity index (χ1v) is 9.54. The summed E-state index contributed by atoms with van der Waals surface area (Å²) in [7, 11) is 1.64. The summed E-state index contributed by atoms with van der Waals surface area (Å²) in [6.45, 7) is 3.35. The Balaban J connectivity index is 1.69. The average Bonchev–Trinajstić information content (AvgIpc) is 3.33. The summed E-state index contributed by atoms with van der Waals surface area (Å²) in [5.41, 5.74) is 0.875. The molecule has 2 aromatic heterocycles. The maximum absolute atomic E-state index is 5.78. The fourth-order valence-corrected chi connectivity index (χ4v) is 3.32. The van der Waals surface area contributed by atoms with Crippen LogP contribution < -0.4 is 10.1 Å². The first-order valence-electron chi connectivity index (χ1n) is 8.26. The number of thiocarbonyl (C=S) groups is 1. The van der Waals surface area contributed by atoms with Crippen molar-refractivity contribution in [3.8, 4) is 16.5 Å². The molecule has 3 rings (SSSR count). The normalized spacial score (nSPS) is 10.5. The summed E-state index contributed by atoms with van der Waals surface area (Å²) in [6.07, 6.45) is 0.950. The van der Waals surface area contributed by atoms with E-state index in [2.05, 4.69) is 22.4 Å². The number of nitrogens with one attached hydrogen (secondary N) is 1. The van der Waals surface area contributed by atoms with Crippen molar-refractivity contribution in [3.05, 3.63) is 47.7 Å². The Labute approximate surface area is 161 Å². The Bertz CT molecular complexity index is 849. The zero-order chi connectivity index (χ0) is 18.4. The third kappa shape index (κ3) is 4.59. The van der Waals surface area contributed by atoms with Crippen molar-refractivity contribution in [2.75, 3.05) is 19.0 Å². The molecule has 8 heteroatoms. The molecule has 0 atom stereocenters. The van der Waals surface area contributed by atoms with Gasteiger partial charge < -0.3 is 19.4 Å². The average molecular weight is 389 g/mol. The van der Waals surface area contributed by atoms with Crippen molar-refractivity contribution >= 4 is 34.4 Å². The number of hydrogen-bond acceptors (Lipinski definition) is 6. The van der Waals surface area contributed by atoms with E-state index in [-0.39, 0.29) is 0 Å². The minimum atomic E-state index is 0.460. The minimum absolute atomic E-state index is 0.460. The van der Waals surface area contributed by atoms with E-state index in [9.17, 15) is 0 Å². The third-order valence-electron chi connectivity index (χ3n) is 3.63. The molecule has 0 aliphatic rings. The lowest BCUT2D eigenvalue weighted by atomic mass is 10.3. The van der Waals surface area contributed by atoms with Crippen LogP contribution in [0.1, 0.15) is 19.2 Å². The molecule has 1 N–H and O–H groups in total. The van der Waals surface area contributed by atoms with Gasteiger partial charge in [-0.2, -0.15) is 0 Å². The van der Waals surface area contributed by atoms with Gasteiger partial charge in [-0.05, 0) is 42.2 Å². The molecule has 0 radical (unpaired) electrons. The summed E-state index contributed by atoms with van der Waals surface area (Å²) < 4.78 is 11.0. The molecule has 6 nitrogen and oxygen atoms in total. The van der Waals surface area contributed by atoms with E-state index in [1.807, 2.05) is 46.7 Å². The van der Waals surface area contributed by atoms with Gasteiger partial charge in [0.1, 0.15) is 5.75 Å².